The first-order valence-corrected chi connectivity index (χ1v) is 5.29. The summed E-state index contributed by atoms with van der Waals surface area (Å²) in [5.41, 5.74) is 0. The van der Waals surface area contributed by atoms with Crippen molar-refractivity contribution in [3.8, 4) is 0 Å². The number of nitrogens with zero attached hydrogens (tertiary/aromatic N) is 2. The lowest BCUT2D eigenvalue weighted by atomic mass is 10.2. The molecule has 2 saturated heterocycles. The highest BCUT2D eigenvalue weighted by atomic mass is 16.5. The molecule has 0 bridgehead atoms. The summed E-state index contributed by atoms with van der Waals surface area (Å²) in [5, 5.41) is 0. The predicted molar refractivity (Wildman–Crippen MR) is 53.4 cm³/mol. The van der Waals surface area contributed by atoms with E-state index in [1.807, 2.05) is 7.05 Å². The molecule has 0 radical (unpaired) electrons. The Morgan fingerprint density at radius 1 is 1.40 bits per heavy atom. The van der Waals surface area contributed by atoms with Gasteiger partial charge in [-0.3, -0.25) is 9.59 Å². The van der Waals surface area contributed by atoms with Gasteiger partial charge in [-0.05, 0) is 7.05 Å². The first kappa shape index (κ1) is 10.6. The van der Waals surface area contributed by atoms with Crippen LogP contribution in [0.1, 0.15) is 6.42 Å². The molecule has 2 heterocycles. The van der Waals surface area contributed by atoms with Gasteiger partial charge in [-0.15, -0.1) is 0 Å². The highest BCUT2D eigenvalue weighted by Crippen LogP contribution is 2.10. The molecule has 15 heavy (non-hydrogen) atoms. The van der Waals surface area contributed by atoms with E-state index in [9.17, 15) is 9.59 Å². The second-order valence-corrected chi connectivity index (χ2v) is 4.18. The summed E-state index contributed by atoms with van der Waals surface area (Å²) in [4.78, 5) is 26.2. The quantitative estimate of drug-likeness (QED) is 0.558. The maximum Gasteiger partial charge on any atom is 0.290 e. The highest BCUT2D eigenvalue weighted by molar-refractivity contribution is 6.37. The molecule has 5 heteroatoms. The van der Waals surface area contributed by atoms with Crippen LogP contribution in [0.3, 0.4) is 0 Å². The Bertz CT molecular complexity index is 280. The highest BCUT2D eigenvalue weighted by Gasteiger charge is 2.31. The van der Waals surface area contributed by atoms with E-state index in [0.717, 1.165) is 13.1 Å². The number of Topliss-reactive ketones (excluding diaryl/α,β-unsaturated/α-hetero) is 1. The molecule has 1 amide bonds. The molecule has 2 rings (SSSR count). The van der Waals surface area contributed by atoms with Crippen molar-refractivity contribution in [2.45, 2.75) is 12.5 Å². The van der Waals surface area contributed by atoms with Crippen molar-refractivity contribution in [3.63, 3.8) is 0 Å². The zero-order chi connectivity index (χ0) is 10.8. The van der Waals surface area contributed by atoms with Crippen LogP contribution in [0.15, 0.2) is 0 Å². The van der Waals surface area contributed by atoms with Crippen LogP contribution in [-0.4, -0.2) is 67.4 Å². The van der Waals surface area contributed by atoms with E-state index in [1.54, 1.807) is 4.90 Å². The standard InChI is InChI=1S/C10H16N2O3/c1-11-4-5-15-8(6-11)7-12-3-2-9(13)10(12)14/h8H,2-7H2,1H3. The molecule has 1 atom stereocenters. The topological polar surface area (TPSA) is 49.9 Å². The SMILES string of the molecule is CN1CCOC(CN2CCC(=O)C2=O)C1. The molecule has 2 fully saturated rings. The van der Waals surface area contributed by atoms with Crippen LogP contribution in [-0.2, 0) is 14.3 Å². The molecule has 84 valence electrons. The number of morpholine rings is 1. The summed E-state index contributed by atoms with van der Waals surface area (Å²) >= 11 is 0. The summed E-state index contributed by atoms with van der Waals surface area (Å²) in [7, 11) is 2.03. The monoisotopic (exact) mass is 212 g/mol. The fraction of sp³-hybridized carbons (Fsp3) is 0.800. The third kappa shape index (κ3) is 2.35. The molecule has 0 saturated carbocycles. The van der Waals surface area contributed by atoms with Crippen LogP contribution in [0.25, 0.3) is 0 Å². The number of hydrogen-bond donors (Lipinski definition) is 0. The van der Waals surface area contributed by atoms with Gasteiger partial charge in [0.2, 0.25) is 5.78 Å². The number of carbonyl (C=O) groups excluding carboxylic acids is 2. The second kappa shape index (κ2) is 4.28. The largest absolute Gasteiger partial charge is 0.374 e. The maximum absolute atomic E-state index is 11.4. The lowest BCUT2D eigenvalue weighted by molar-refractivity contribution is -0.141. The Hall–Kier alpha value is -0.940. The molecule has 2 aliphatic rings. The van der Waals surface area contributed by atoms with Gasteiger partial charge in [-0.2, -0.15) is 0 Å². The van der Waals surface area contributed by atoms with E-state index in [4.69, 9.17) is 4.74 Å². The van der Waals surface area contributed by atoms with Crippen molar-refractivity contribution < 1.29 is 14.3 Å². The fourth-order valence-electron chi connectivity index (χ4n) is 2.02. The van der Waals surface area contributed by atoms with Gasteiger partial charge in [0.1, 0.15) is 0 Å². The predicted octanol–water partition coefficient (Wildman–Crippen LogP) is -0.882. The summed E-state index contributed by atoms with van der Waals surface area (Å²) in [5.74, 6) is -0.606. The molecular weight excluding hydrogens is 196 g/mol. The van der Waals surface area contributed by atoms with Crippen LogP contribution in [0.4, 0.5) is 0 Å². The number of carbonyl (C=O) groups is 2. The molecule has 0 aromatic carbocycles. The Balaban J connectivity index is 1.86. The lowest BCUT2D eigenvalue weighted by Gasteiger charge is -2.32. The lowest BCUT2D eigenvalue weighted by Crippen LogP contribution is -2.46. The molecule has 1 unspecified atom stereocenters. The molecule has 2 aliphatic heterocycles. The Kier molecular flexibility index (Phi) is 3.02. The number of ketones is 1. The van der Waals surface area contributed by atoms with Gasteiger partial charge in [0, 0.05) is 32.6 Å². The molecule has 0 aromatic rings. The Morgan fingerprint density at radius 3 is 2.80 bits per heavy atom. The third-order valence-electron chi connectivity index (χ3n) is 2.90. The Morgan fingerprint density at radius 2 is 2.20 bits per heavy atom. The number of amides is 1. The minimum Gasteiger partial charge on any atom is -0.374 e. The zero-order valence-corrected chi connectivity index (χ0v) is 8.94. The number of ether oxygens (including phenoxy) is 1. The van der Waals surface area contributed by atoms with Crippen molar-refractivity contribution in [2.24, 2.45) is 0 Å². The number of rotatable bonds is 2. The second-order valence-electron chi connectivity index (χ2n) is 4.18. The van der Waals surface area contributed by atoms with Gasteiger partial charge in [0.15, 0.2) is 0 Å². The third-order valence-corrected chi connectivity index (χ3v) is 2.90. The average Bonchev–Trinajstić information content (AvgIpc) is 2.50. The first-order chi connectivity index (χ1) is 7.16. The van der Waals surface area contributed by atoms with Crippen molar-refractivity contribution in [1.29, 1.82) is 0 Å². The summed E-state index contributed by atoms with van der Waals surface area (Å²) in [6.07, 6.45) is 0.417. The molecular formula is C10H16N2O3. The minimum atomic E-state index is -0.341. The van der Waals surface area contributed by atoms with Crippen LogP contribution >= 0.6 is 0 Å². The zero-order valence-electron chi connectivity index (χ0n) is 8.94. The van der Waals surface area contributed by atoms with E-state index < -0.39 is 0 Å². The molecule has 0 N–H and O–H groups in total. The van der Waals surface area contributed by atoms with E-state index in [1.165, 1.54) is 0 Å². The van der Waals surface area contributed by atoms with Crippen molar-refractivity contribution in [2.75, 3.05) is 39.8 Å². The number of likely N-dealkylation sites (N-methyl/N-ethyl adjacent to an activating group) is 1. The van der Waals surface area contributed by atoms with Gasteiger partial charge < -0.3 is 14.5 Å². The normalized spacial score (nSPS) is 28.9. The van der Waals surface area contributed by atoms with Crippen molar-refractivity contribution >= 4 is 11.7 Å². The average molecular weight is 212 g/mol. The van der Waals surface area contributed by atoms with Crippen LogP contribution in [0.5, 0.6) is 0 Å². The Labute approximate surface area is 89.0 Å². The van der Waals surface area contributed by atoms with Crippen molar-refractivity contribution in [1.82, 2.24) is 9.80 Å². The smallest absolute Gasteiger partial charge is 0.290 e. The van der Waals surface area contributed by atoms with Gasteiger partial charge in [-0.1, -0.05) is 0 Å². The minimum absolute atomic E-state index is 0.0543. The molecule has 5 nitrogen and oxygen atoms in total. The molecule has 0 aromatic heterocycles. The summed E-state index contributed by atoms with van der Waals surface area (Å²) < 4.78 is 5.55. The maximum atomic E-state index is 11.4. The van der Waals surface area contributed by atoms with Gasteiger partial charge in [-0.25, -0.2) is 0 Å². The van der Waals surface area contributed by atoms with E-state index in [0.29, 0.717) is 26.1 Å². The van der Waals surface area contributed by atoms with Gasteiger partial charge in [0.05, 0.1) is 12.7 Å². The van der Waals surface area contributed by atoms with Crippen LogP contribution in [0, 0.1) is 0 Å². The van der Waals surface area contributed by atoms with E-state index >= 15 is 0 Å². The number of likely N-dealkylation sites (tertiary alicyclic amines) is 1. The summed E-state index contributed by atoms with van der Waals surface area (Å²) in [6, 6.07) is 0. The van der Waals surface area contributed by atoms with Crippen LogP contribution in [0.2, 0.25) is 0 Å². The fourth-order valence-corrected chi connectivity index (χ4v) is 2.02. The molecule has 0 spiro atoms. The molecule has 0 aliphatic carbocycles. The van der Waals surface area contributed by atoms with Gasteiger partial charge >= 0.3 is 0 Å². The van der Waals surface area contributed by atoms with E-state index in [2.05, 4.69) is 4.90 Å². The first-order valence-electron chi connectivity index (χ1n) is 5.29. The van der Waals surface area contributed by atoms with Crippen LogP contribution < -0.4 is 0 Å². The van der Waals surface area contributed by atoms with Crippen molar-refractivity contribution in [3.05, 3.63) is 0 Å². The number of hydrogen-bond acceptors (Lipinski definition) is 4. The van der Waals surface area contributed by atoms with E-state index in [-0.39, 0.29) is 17.8 Å². The summed E-state index contributed by atoms with van der Waals surface area (Å²) in [6.45, 7) is 3.58. The van der Waals surface area contributed by atoms with Gasteiger partial charge in [0.25, 0.3) is 5.91 Å².